The fraction of sp³-hybridized carbons (Fsp3) is 0.192. The van der Waals surface area contributed by atoms with Crippen LogP contribution in [0.2, 0.25) is 0 Å². The van der Waals surface area contributed by atoms with Crippen LogP contribution in [0.1, 0.15) is 29.3 Å². The Labute approximate surface area is 206 Å². The lowest BCUT2D eigenvalue weighted by Crippen LogP contribution is -2.46. The van der Waals surface area contributed by atoms with Gasteiger partial charge >= 0.3 is 6.03 Å². The van der Waals surface area contributed by atoms with Crippen molar-refractivity contribution in [3.8, 4) is 22.9 Å². The predicted molar refractivity (Wildman–Crippen MR) is 133 cm³/mol. The number of methoxy groups -OCH3 is 1. The number of thiophene rings is 1. The SMILES string of the molecule is COc1ccc(C2NC(=O)N(CCc3cccs3)C(C)=C2c2nc(-c3ccccc3)no2)cc1O. The largest absolute Gasteiger partial charge is 0.504 e. The highest BCUT2D eigenvalue weighted by atomic mass is 32.1. The van der Waals surface area contributed by atoms with E-state index in [1.54, 1.807) is 34.4 Å². The summed E-state index contributed by atoms with van der Waals surface area (Å²) in [4.78, 5) is 20.7. The zero-order valence-corrected chi connectivity index (χ0v) is 20.1. The lowest BCUT2D eigenvalue weighted by Gasteiger charge is -2.35. The van der Waals surface area contributed by atoms with Gasteiger partial charge in [-0.3, -0.25) is 4.90 Å². The van der Waals surface area contributed by atoms with Gasteiger partial charge in [0.15, 0.2) is 11.5 Å². The molecule has 5 rings (SSSR count). The second-order valence-corrected chi connectivity index (χ2v) is 9.12. The minimum atomic E-state index is -0.596. The number of carbonyl (C=O) groups is 1. The van der Waals surface area contributed by atoms with Gasteiger partial charge in [0.25, 0.3) is 5.89 Å². The molecule has 0 spiro atoms. The molecule has 2 N–H and O–H groups in total. The van der Waals surface area contributed by atoms with E-state index < -0.39 is 6.04 Å². The van der Waals surface area contributed by atoms with E-state index in [0.29, 0.717) is 40.8 Å². The molecule has 178 valence electrons. The van der Waals surface area contributed by atoms with Crippen LogP contribution in [0, 0.1) is 0 Å². The summed E-state index contributed by atoms with van der Waals surface area (Å²) in [6, 6.07) is 17.8. The molecule has 2 aromatic carbocycles. The first kappa shape index (κ1) is 22.7. The number of nitrogens with zero attached hydrogens (tertiary/aromatic N) is 3. The second kappa shape index (κ2) is 9.63. The van der Waals surface area contributed by atoms with E-state index in [1.807, 2.05) is 48.7 Å². The summed E-state index contributed by atoms with van der Waals surface area (Å²) in [7, 11) is 1.49. The standard InChI is InChI=1S/C26H24N4O4S/c1-16-22(25-28-24(29-34-25)17-7-4-3-5-8-17)23(18-10-11-21(33-2)20(31)15-18)27-26(32)30(16)13-12-19-9-6-14-35-19/h3-11,14-15,23,31H,12-13H2,1-2H3,(H,27,32). The summed E-state index contributed by atoms with van der Waals surface area (Å²) in [5, 5.41) is 19.7. The zero-order valence-electron chi connectivity index (χ0n) is 19.3. The van der Waals surface area contributed by atoms with Gasteiger partial charge in [0, 0.05) is 22.7 Å². The average molecular weight is 489 g/mol. The summed E-state index contributed by atoms with van der Waals surface area (Å²) in [5.74, 6) is 1.09. The molecule has 0 radical (unpaired) electrons. The summed E-state index contributed by atoms with van der Waals surface area (Å²) in [6.45, 7) is 2.38. The van der Waals surface area contributed by atoms with Crippen LogP contribution < -0.4 is 10.1 Å². The lowest BCUT2D eigenvalue weighted by molar-refractivity contribution is 0.205. The number of ether oxygens (including phenoxy) is 1. The van der Waals surface area contributed by atoms with Gasteiger partial charge in [-0.1, -0.05) is 47.6 Å². The maximum atomic E-state index is 13.2. The van der Waals surface area contributed by atoms with Crippen molar-refractivity contribution in [1.29, 1.82) is 0 Å². The smallest absolute Gasteiger partial charge is 0.322 e. The van der Waals surface area contributed by atoms with Crippen LogP contribution in [-0.4, -0.2) is 39.8 Å². The first-order valence-corrected chi connectivity index (χ1v) is 12.0. The number of hydrogen-bond acceptors (Lipinski definition) is 7. The van der Waals surface area contributed by atoms with Crippen LogP contribution in [0.25, 0.3) is 17.0 Å². The quantitative estimate of drug-likeness (QED) is 0.368. The van der Waals surface area contributed by atoms with Crippen molar-refractivity contribution in [2.45, 2.75) is 19.4 Å². The Morgan fingerprint density at radius 1 is 1.17 bits per heavy atom. The summed E-state index contributed by atoms with van der Waals surface area (Å²) in [6.07, 6.45) is 0.725. The van der Waals surface area contributed by atoms with E-state index >= 15 is 0 Å². The predicted octanol–water partition coefficient (Wildman–Crippen LogP) is 5.25. The van der Waals surface area contributed by atoms with Gasteiger partial charge in [0.2, 0.25) is 5.82 Å². The minimum Gasteiger partial charge on any atom is -0.504 e. The van der Waals surface area contributed by atoms with Crippen LogP contribution >= 0.6 is 11.3 Å². The molecule has 1 aliphatic heterocycles. The number of allylic oxidation sites excluding steroid dienone is 1. The van der Waals surface area contributed by atoms with Crippen LogP contribution in [-0.2, 0) is 6.42 Å². The molecule has 1 unspecified atom stereocenters. The van der Waals surface area contributed by atoms with Crippen molar-refractivity contribution in [3.05, 3.63) is 88.1 Å². The maximum absolute atomic E-state index is 13.2. The summed E-state index contributed by atoms with van der Waals surface area (Å²) in [5.41, 5.74) is 2.89. The fourth-order valence-corrected chi connectivity index (χ4v) is 4.88. The van der Waals surface area contributed by atoms with Gasteiger partial charge in [-0.2, -0.15) is 4.98 Å². The van der Waals surface area contributed by atoms with E-state index in [9.17, 15) is 9.90 Å². The number of phenolic OH excluding ortho intramolecular Hbond substituents is 1. The minimum absolute atomic E-state index is 0.0214. The summed E-state index contributed by atoms with van der Waals surface area (Å²) >= 11 is 1.66. The van der Waals surface area contributed by atoms with Gasteiger partial charge in [0.05, 0.1) is 18.7 Å². The first-order valence-electron chi connectivity index (χ1n) is 11.1. The Kier molecular flexibility index (Phi) is 6.24. The second-order valence-electron chi connectivity index (χ2n) is 8.08. The number of benzene rings is 2. The third-order valence-electron chi connectivity index (χ3n) is 5.98. The van der Waals surface area contributed by atoms with Gasteiger partial charge in [-0.05, 0) is 42.5 Å². The lowest BCUT2D eigenvalue weighted by atomic mass is 9.94. The molecule has 3 heterocycles. The average Bonchev–Trinajstić information content (AvgIpc) is 3.57. The maximum Gasteiger partial charge on any atom is 0.322 e. The highest BCUT2D eigenvalue weighted by molar-refractivity contribution is 7.09. The van der Waals surface area contributed by atoms with Crippen molar-refractivity contribution in [3.63, 3.8) is 0 Å². The van der Waals surface area contributed by atoms with E-state index in [-0.39, 0.29) is 11.8 Å². The van der Waals surface area contributed by atoms with Crippen LogP contribution in [0.3, 0.4) is 0 Å². The topological polar surface area (TPSA) is 101 Å². The first-order chi connectivity index (χ1) is 17.0. The highest BCUT2D eigenvalue weighted by Gasteiger charge is 2.36. The Bertz CT molecular complexity index is 1370. The zero-order chi connectivity index (χ0) is 24.4. The number of nitrogens with one attached hydrogen (secondary N) is 1. The van der Waals surface area contributed by atoms with Crippen LogP contribution in [0.4, 0.5) is 4.79 Å². The Morgan fingerprint density at radius 3 is 2.71 bits per heavy atom. The molecular weight excluding hydrogens is 464 g/mol. The Hall–Kier alpha value is -4.11. The molecule has 0 saturated heterocycles. The number of urea groups is 1. The van der Waals surface area contributed by atoms with Crippen LogP contribution in [0.5, 0.6) is 11.5 Å². The molecule has 2 aromatic heterocycles. The fourth-order valence-electron chi connectivity index (χ4n) is 4.18. The van der Waals surface area contributed by atoms with E-state index in [2.05, 4.69) is 21.5 Å². The number of aromatic nitrogens is 2. The number of amides is 2. The summed E-state index contributed by atoms with van der Waals surface area (Å²) < 4.78 is 10.9. The molecule has 35 heavy (non-hydrogen) atoms. The number of hydrogen-bond donors (Lipinski definition) is 2. The van der Waals surface area contributed by atoms with Crippen molar-refractivity contribution >= 4 is 22.9 Å². The van der Waals surface area contributed by atoms with Crippen molar-refractivity contribution in [2.24, 2.45) is 0 Å². The van der Waals surface area contributed by atoms with Crippen molar-refractivity contribution < 1.29 is 19.2 Å². The molecule has 8 nitrogen and oxygen atoms in total. The Morgan fingerprint density at radius 2 is 2.00 bits per heavy atom. The van der Waals surface area contributed by atoms with E-state index in [0.717, 1.165) is 12.0 Å². The number of aromatic hydroxyl groups is 1. The van der Waals surface area contributed by atoms with E-state index in [4.69, 9.17) is 9.26 Å². The molecule has 0 aliphatic carbocycles. The van der Waals surface area contributed by atoms with Crippen molar-refractivity contribution in [1.82, 2.24) is 20.4 Å². The highest BCUT2D eigenvalue weighted by Crippen LogP contribution is 2.39. The molecular formula is C26H24N4O4S. The molecule has 2 amide bonds. The third kappa shape index (κ3) is 4.50. The number of carbonyl (C=O) groups excluding carboxylic acids is 1. The van der Waals surface area contributed by atoms with Gasteiger partial charge in [-0.25, -0.2) is 4.79 Å². The molecule has 4 aromatic rings. The van der Waals surface area contributed by atoms with Crippen molar-refractivity contribution in [2.75, 3.05) is 13.7 Å². The number of phenols is 1. The molecule has 0 fully saturated rings. The molecule has 0 bridgehead atoms. The monoisotopic (exact) mass is 488 g/mol. The molecule has 9 heteroatoms. The van der Waals surface area contributed by atoms with Gasteiger partial charge in [0.1, 0.15) is 0 Å². The molecule has 1 atom stereocenters. The molecule has 1 aliphatic rings. The normalized spacial score (nSPS) is 15.9. The van der Waals surface area contributed by atoms with Crippen LogP contribution in [0.15, 0.2) is 76.3 Å². The third-order valence-corrected chi connectivity index (χ3v) is 6.92. The molecule has 0 saturated carbocycles. The number of rotatable bonds is 7. The Balaban J connectivity index is 1.57. The van der Waals surface area contributed by atoms with Gasteiger partial charge < -0.3 is 19.7 Å². The van der Waals surface area contributed by atoms with Gasteiger partial charge in [-0.15, -0.1) is 11.3 Å². The van der Waals surface area contributed by atoms with E-state index in [1.165, 1.54) is 12.0 Å².